The molecule has 0 aromatic carbocycles. The lowest BCUT2D eigenvalue weighted by molar-refractivity contribution is -0.117. The van der Waals surface area contributed by atoms with Gasteiger partial charge in [0, 0.05) is 18.0 Å². The maximum Gasteiger partial charge on any atom is 0.240 e. The van der Waals surface area contributed by atoms with Crippen molar-refractivity contribution in [2.75, 3.05) is 25.0 Å². The third-order valence-corrected chi connectivity index (χ3v) is 4.84. The summed E-state index contributed by atoms with van der Waals surface area (Å²) < 4.78 is 0. The van der Waals surface area contributed by atoms with Crippen LogP contribution in [-0.4, -0.2) is 46.6 Å². The van der Waals surface area contributed by atoms with Crippen molar-refractivity contribution in [2.24, 2.45) is 0 Å². The highest BCUT2D eigenvalue weighted by Crippen LogP contribution is 2.30. The summed E-state index contributed by atoms with van der Waals surface area (Å²) in [5, 5.41) is 13.1. The number of nitrogens with one attached hydrogen (secondary N) is 1. The van der Waals surface area contributed by atoms with E-state index in [1.165, 1.54) is 17.0 Å². The predicted molar refractivity (Wildman–Crippen MR) is 74.4 cm³/mol. The quantitative estimate of drug-likeness (QED) is 0.868. The average molecular weight is 281 g/mol. The van der Waals surface area contributed by atoms with Crippen molar-refractivity contribution in [3.05, 3.63) is 10.6 Å². The standard InChI is InChI=1S/C13H19N3O2S/c17-9-4-6-16(7-5-9)8-12(18)15-13-14-10-2-1-3-11(10)19-13/h9,17H,1-8H2,(H,14,15,18). The summed E-state index contributed by atoms with van der Waals surface area (Å²) in [6.45, 7) is 1.99. The van der Waals surface area contributed by atoms with Crippen LogP contribution in [0.4, 0.5) is 5.13 Å². The fourth-order valence-corrected chi connectivity index (χ4v) is 3.75. The fourth-order valence-electron chi connectivity index (χ4n) is 2.68. The molecule has 0 unspecified atom stereocenters. The molecule has 6 heteroatoms. The number of likely N-dealkylation sites (tertiary alicyclic amines) is 1. The van der Waals surface area contributed by atoms with Gasteiger partial charge in [-0.2, -0.15) is 0 Å². The Bertz CT molecular complexity index is 445. The third kappa shape index (κ3) is 3.13. The number of aliphatic hydroxyl groups is 1. The predicted octanol–water partition coefficient (Wildman–Crippen LogP) is 1.03. The molecule has 0 spiro atoms. The smallest absolute Gasteiger partial charge is 0.240 e. The zero-order valence-electron chi connectivity index (χ0n) is 10.9. The highest BCUT2D eigenvalue weighted by atomic mass is 32.1. The van der Waals surface area contributed by atoms with Crippen molar-refractivity contribution >= 4 is 22.4 Å². The number of fused-ring (bicyclic) bond motifs is 1. The number of nitrogens with zero attached hydrogens (tertiary/aromatic N) is 2. The molecule has 2 heterocycles. The van der Waals surface area contributed by atoms with E-state index in [0.717, 1.165) is 43.9 Å². The van der Waals surface area contributed by atoms with Crippen LogP contribution in [0.5, 0.6) is 0 Å². The molecule has 1 aliphatic carbocycles. The number of hydrogen-bond acceptors (Lipinski definition) is 5. The van der Waals surface area contributed by atoms with Crippen LogP contribution in [0.1, 0.15) is 29.8 Å². The number of amides is 1. The number of carbonyl (C=O) groups is 1. The Labute approximate surface area is 116 Å². The van der Waals surface area contributed by atoms with E-state index in [4.69, 9.17) is 0 Å². The molecular formula is C13H19N3O2S. The molecule has 1 saturated heterocycles. The summed E-state index contributed by atoms with van der Waals surface area (Å²) in [6.07, 6.45) is 4.68. The van der Waals surface area contributed by atoms with Gasteiger partial charge >= 0.3 is 0 Å². The molecule has 1 amide bonds. The number of aromatic nitrogens is 1. The van der Waals surface area contributed by atoms with Gasteiger partial charge < -0.3 is 10.4 Å². The van der Waals surface area contributed by atoms with Gasteiger partial charge in [0.1, 0.15) is 0 Å². The van der Waals surface area contributed by atoms with E-state index in [2.05, 4.69) is 15.2 Å². The third-order valence-electron chi connectivity index (χ3n) is 3.77. The van der Waals surface area contributed by atoms with Crippen LogP contribution >= 0.6 is 11.3 Å². The van der Waals surface area contributed by atoms with Gasteiger partial charge in [0.05, 0.1) is 18.3 Å². The monoisotopic (exact) mass is 281 g/mol. The van der Waals surface area contributed by atoms with Crippen molar-refractivity contribution in [1.82, 2.24) is 9.88 Å². The van der Waals surface area contributed by atoms with Crippen LogP contribution in [0.25, 0.3) is 0 Å². The van der Waals surface area contributed by atoms with E-state index in [9.17, 15) is 9.90 Å². The number of aryl methyl sites for hydroxylation is 2. The summed E-state index contributed by atoms with van der Waals surface area (Å²) >= 11 is 1.61. The first-order valence-electron chi connectivity index (χ1n) is 6.89. The Kier molecular flexibility index (Phi) is 3.81. The molecule has 0 saturated carbocycles. The molecule has 0 bridgehead atoms. The Morgan fingerprint density at radius 1 is 1.42 bits per heavy atom. The van der Waals surface area contributed by atoms with Crippen LogP contribution in [0.15, 0.2) is 0 Å². The Hall–Kier alpha value is -0.980. The lowest BCUT2D eigenvalue weighted by Gasteiger charge is -2.28. The fraction of sp³-hybridized carbons (Fsp3) is 0.692. The second-order valence-corrected chi connectivity index (χ2v) is 6.38. The average Bonchev–Trinajstić information content (AvgIpc) is 2.92. The van der Waals surface area contributed by atoms with Crippen LogP contribution < -0.4 is 5.32 Å². The summed E-state index contributed by atoms with van der Waals surface area (Å²) in [6, 6.07) is 0. The summed E-state index contributed by atoms with van der Waals surface area (Å²) in [7, 11) is 0. The van der Waals surface area contributed by atoms with E-state index in [0.29, 0.717) is 6.54 Å². The number of aliphatic hydroxyl groups excluding tert-OH is 1. The first-order valence-corrected chi connectivity index (χ1v) is 7.71. The zero-order chi connectivity index (χ0) is 13.2. The second-order valence-electron chi connectivity index (χ2n) is 5.30. The molecule has 1 aromatic heterocycles. The normalized spacial score (nSPS) is 20.5. The molecular weight excluding hydrogens is 262 g/mol. The molecule has 2 N–H and O–H groups in total. The van der Waals surface area contributed by atoms with Gasteiger partial charge in [-0.25, -0.2) is 4.98 Å². The molecule has 3 rings (SSSR count). The lowest BCUT2D eigenvalue weighted by Crippen LogP contribution is -2.40. The number of thiazole rings is 1. The number of rotatable bonds is 3. The van der Waals surface area contributed by atoms with Crippen molar-refractivity contribution in [1.29, 1.82) is 0 Å². The molecule has 0 radical (unpaired) electrons. The lowest BCUT2D eigenvalue weighted by atomic mass is 10.1. The van der Waals surface area contributed by atoms with Crippen LogP contribution in [0.2, 0.25) is 0 Å². The minimum atomic E-state index is -0.193. The topological polar surface area (TPSA) is 65.5 Å². The van der Waals surface area contributed by atoms with E-state index in [-0.39, 0.29) is 12.0 Å². The van der Waals surface area contributed by atoms with Crippen LogP contribution in [0, 0.1) is 0 Å². The molecule has 104 valence electrons. The van der Waals surface area contributed by atoms with Crippen molar-refractivity contribution in [3.63, 3.8) is 0 Å². The number of hydrogen-bond donors (Lipinski definition) is 2. The first kappa shape index (κ1) is 13.0. The minimum absolute atomic E-state index is 0.00353. The molecule has 1 aliphatic heterocycles. The summed E-state index contributed by atoms with van der Waals surface area (Å²) in [5.41, 5.74) is 1.17. The van der Waals surface area contributed by atoms with Crippen molar-refractivity contribution in [2.45, 2.75) is 38.2 Å². The SMILES string of the molecule is O=C(CN1CCC(O)CC1)Nc1nc2c(s1)CCC2. The van der Waals surface area contributed by atoms with E-state index in [1.807, 2.05) is 0 Å². The van der Waals surface area contributed by atoms with Gasteiger partial charge in [-0.1, -0.05) is 0 Å². The largest absolute Gasteiger partial charge is 0.393 e. The van der Waals surface area contributed by atoms with E-state index in [1.54, 1.807) is 11.3 Å². The van der Waals surface area contributed by atoms with Crippen molar-refractivity contribution in [3.8, 4) is 0 Å². The molecule has 1 fully saturated rings. The van der Waals surface area contributed by atoms with Gasteiger partial charge in [0.2, 0.25) is 5.91 Å². The highest BCUT2D eigenvalue weighted by Gasteiger charge is 2.21. The highest BCUT2D eigenvalue weighted by molar-refractivity contribution is 7.15. The number of anilines is 1. The van der Waals surface area contributed by atoms with Gasteiger partial charge in [-0.15, -0.1) is 11.3 Å². The summed E-state index contributed by atoms with van der Waals surface area (Å²) in [4.78, 5) is 19.8. The summed E-state index contributed by atoms with van der Waals surface area (Å²) in [5.74, 6) is 0.00353. The van der Waals surface area contributed by atoms with E-state index < -0.39 is 0 Å². The maximum absolute atomic E-state index is 11.9. The van der Waals surface area contributed by atoms with Gasteiger partial charge in [-0.3, -0.25) is 9.69 Å². The first-order chi connectivity index (χ1) is 9.20. The maximum atomic E-state index is 11.9. The molecule has 0 atom stereocenters. The van der Waals surface area contributed by atoms with Gasteiger partial charge in [0.25, 0.3) is 0 Å². The van der Waals surface area contributed by atoms with Crippen LogP contribution in [0.3, 0.4) is 0 Å². The van der Waals surface area contributed by atoms with Crippen LogP contribution in [-0.2, 0) is 17.6 Å². The van der Waals surface area contributed by atoms with Crippen molar-refractivity contribution < 1.29 is 9.90 Å². The Balaban J connectivity index is 1.50. The number of carbonyl (C=O) groups excluding carboxylic acids is 1. The Morgan fingerprint density at radius 2 is 2.21 bits per heavy atom. The molecule has 2 aliphatic rings. The Morgan fingerprint density at radius 3 is 2.95 bits per heavy atom. The minimum Gasteiger partial charge on any atom is -0.393 e. The van der Waals surface area contributed by atoms with Gasteiger partial charge in [0.15, 0.2) is 5.13 Å². The molecule has 5 nitrogen and oxygen atoms in total. The van der Waals surface area contributed by atoms with E-state index >= 15 is 0 Å². The molecule has 19 heavy (non-hydrogen) atoms. The second kappa shape index (κ2) is 5.56. The number of piperidine rings is 1. The van der Waals surface area contributed by atoms with Gasteiger partial charge in [-0.05, 0) is 32.1 Å². The molecule has 1 aromatic rings. The zero-order valence-corrected chi connectivity index (χ0v) is 11.7.